The molecule has 0 radical (unpaired) electrons. The molecule has 61 heavy (non-hydrogen) atoms. The number of methoxy groups -OCH3 is 1. The van der Waals surface area contributed by atoms with Crippen LogP contribution in [0, 0.1) is 23.7 Å². The Morgan fingerprint density at radius 2 is 1.82 bits per heavy atom. The lowest BCUT2D eigenvalue weighted by Gasteiger charge is -2.47. The van der Waals surface area contributed by atoms with Gasteiger partial charge in [0.2, 0.25) is 17.6 Å². The lowest BCUT2D eigenvalue weighted by atomic mass is 9.74. The van der Waals surface area contributed by atoms with Gasteiger partial charge in [0.15, 0.2) is 16.1 Å². The van der Waals surface area contributed by atoms with Crippen LogP contribution in [0.5, 0.6) is 0 Å². The van der Waals surface area contributed by atoms with E-state index < -0.39 is 46.3 Å². The predicted octanol–water partition coefficient (Wildman–Crippen LogP) is 5.39. The number of nitrogens with two attached hydrogens (primary N) is 1. The van der Waals surface area contributed by atoms with Crippen molar-refractivity contribution in [3.05, 3.63) is 29.3 Å². The molecule has 4 fully saturated rings. The van der Waals surface area contributed by atoms with Gasteiger partial charge in [0.1, 0.15) is 17.2 Å². The zero-order valence-electron chi connectivity index (χ0n) is 36.8. The summed E-state index contributed by atoms with van der Waals surface area (Å²) < 4.78 is 30.9. The first kappa shape index (κ1) is 46.8. The van der Waals surface area contributed by atoms with Gasteiger partial charge in [-0.3, -0.25) is 24.4 Å². The van der Waals surface area contributed by atoms with Crippen molar-refractivity contribution in [1.29, 1.82) is 0 Å². The highest BCUT2D eigenvalue weighted by atomic mass is 32.2. The largest absolute Gasteiger partial charge is 0.444 e. The maximum absolute atomic E-state index is 14.8. The molecular formula is C43H66N8O8S2. The van der Waals surface area contributed by atoms with Crippen LogP contribution in [0.25, 0.3) is 10.2 Å². The molecule has 9 atom stereocenters. The van der Waals surface area contributed by atoms with Crippen molar-refractivity contribution in [2.75, 3.05) is 26.7 Å². The van der Waals surface area contributed by atoms with Crippen LogP contribution in [-0.2, 0) is 34.4 Å². The summed E-state index contributed by atoms with van der Waals surface area (Å²) in [5, 5.41) is 9.45. The molecule has 2 aromatic rings. The highest BCUT2D eigenvalue weighted by molar-refractivity contribution is 7.80. The molecule has 3 amide bonds. The molecule has 338 valence electrons. The number of benzene rings is 1. The van der Waals surface area contributed by atoms with Crippen molar-refractivity contribution < 1.29 is 37.1 Å². The Morgan fingerprint density at radius 3 is 2.52 bits per heavy atom. The molecule has 2 saturated heterocycles. The zero-order chi connectivity index (χ0) is 44.1. The van der Waals surface area contributed by atoms with E-state index in [9.17, 15) is 23.4 Å². The molecular weight excluding hydrogens is 821 g/mol. The summed E-state index contributed by atoms with van der Waals surface area (Å²) in [7, 11) is 1.70. The number of hydrogen-bond donors (Lipinski definition) is 4. The van der Waals surface area contributed by atoms with Gasteiger partial charge in [0.25, 0.3) is 5.91 Å². The topological polar surface area (TPSA) is 207 Å². The number of hydrogen-bond acceptors (Lipinski definition) is 12. The SMILES string of the molecule is COC1CC(C)C(S(=O)ONC(N)=NCCCC(NC(=O)[C@@H]2CCN3CC[C@](CC4CCCCC4)(NC(=O)OC(C)(C)C)C(=O)N23)C(=O)c2nc3ccccc3s2)C(C)C1C. The second-order valence-corrected chi connectivity index (χ2v) is 20.8. The van der Waals surface area contributed by atoms with E-state index in [2.05, 4.69) is 39.9 Å². The molecule has 0 bridgehead atoms. The lowest BCUT2D eigenvalue weighted by Crippen LogP contribution is -2.69. The number of nitrogens with zero attached hydrogens (tertiary/aromatic N) is 4. The molecule has 16 nitrogen and oxygen atoms in total. The molecule has 2 aliphatic heterocycles. The molecule has 1 aromatic carbocycles. The number of Topliss-reactive ketones (excluding diaryl/α,β-unsaturated/α-hetero) is 1. The van der Waals surface area contributed by atoms with Gasteiger partial charge in [0, 0.05) is 26.7 Å². The first-order valence-electron chi connectivity index (χ1n) is 22.0. The summed E-state index contributed by atoms with van der Waals surface area (Å²) in [4.78, 5) is 65.6. The Labute approximate surface area is 366 Å². The van der Waals surface area contributed by atoms with Crippen LogP contribution in [0.1, 0.15) is 122 Å². The van der Waals surface area contributed by atoms with E-state index in [0.717, 1.165) is 43.2 Å². The Morgan fingerprint density at radius 1 is 1.08 bits per heavy atom. The van der Waals surface area contributed by atoms with E-state index in [0.29, 0.717) is 44.3 Å². The minimum Gasteiger partial charge on any atom is -0.444 e. The van der Waals surface area contributed by atoms with Gasteiger partial charge in [-0.25, -0.2) is 24.5 Å². The van der Waals surface area contributed by atoms with Crippen molar-refractivity contribution in [2.45, 2.75) is 147 Å². The van der Waals surface area contributed by atoms with Crippen molar-refractivity contribution in [3.63, 3.8) is 0 Å². The number of guanidine groups is 1. The molecule has 6 rings (SSSR count). The van der Waals surface area contributed by atoms with Gasteiger partial charge in [-0.2, -0.15) is 4.28 Å². The second-order valence-electron chi connectivity index (χ2n) is 18.5. The van der Waals surface area contributed by atoms with Gasteiger partial charge in [-0.1, -0.05) is 65.0 Å². The molecule has 2 aliphatic carbocycles. The highest BCUT2D eigenvalue weighted by Gasteiger charge is 2.55. The van der Waals surface area contributed by atoms with Crippen molar-refractivity contribution in [1.82, 2.24) is 31.1 Å². The molecule has 0 spiro atoms. The average molecular weight is 887 g/mol. The molecule has 4 aliphatic rings. The van der Waals surface area contributed by atoms with Crippen LogP contribution in [-0.4, -0.2) is 110 Å². The predicted molar refractivity (Wildman–Crippen MR) is 235 cm³/mol. The number of carbonyl (C=O) groups is 4. The maximum Gasteiger partial charge on any atom is 0.408 e. The summed E-state index contributed by atoms with van der Waals surface area (Å²) in [5.74, 6) is -0.537. The van der Waals surface area contributed by atoms with Crippen LogP contribution in [0.4, 0.5) is 4.79 Å². The summed E-state index contributed by atoms with van der Waals surface area (Å²) in [6.45, 7) is 12.7. The van der Waals surface area contributed by atoms with Crippen molar-refractivity contribution >= 4 is 62.3 Å². The average Bonchev–Trinajstić information content (AvgIpc) is 3.86. The van der Waals surface area contributed by atoms with Crippen LogP contribution < -0.4 is 21.8 Å². The van der Waals surface area contributed by atoms with Crippen molar-refractivity contribution in [3.8, 4) is 0 Å². The Kier molecular flexibility index (Phi) is 15.5. The van der Waals surface area contributed by atoms with Gasteiger partial charge in [0.05, 0.1) is 27.6 Å². The van der Waals surface area contributed by atoms with Gasteiger partial charge < -0.3 is 25.8 Å². The minimum atomic E-state index is -1.69. The van der Waals surface area contributed by atoms with Crippen LogP contribution >= 0.6 is 11.3 Å². The number of alkyl carbamates (subject to hydrolysis) is 1. The second kappa shape index (κ2) is 20.2. The summed E-state index contributed by atoms with van der Waals surface area (Å²) in [6, 6.07) is 5.59. The number of hydroxylamine groups is 1. The monoisotopic (exact) mass is 886 g/mol. The third-order valence-electron chi connectivity index (χ3n) is 13.0. The number of fused-ring (bicyclic) bond motifs is 2. The zero-order valence-corrected chi connectivity index (χ0v) is 38.4. The molecule has 18 heteroatoms. The Balaban J connectivity index is 1.14. The van der Waals surface area contributed by atoms with E-state index in [-0.39, 0.29) is 70.6 Å². The fourth-order valence-electron chi connectivity index (χ4n) is 9.69. The first-order valence-corrected chi connectivity index (χ1v) is 23.9. The van der Waals surface area contributed by atoms with E-state index in [1.54, 1.807) is 27.9 Å². The van der Waals surface area contributed by atoms with E-state index in [1.165, 1.54) is 16.3 Å². The third-order valence-corrected chi connectivity index (χ3v) is 15.6. The normalized spacial score (nSPS) is 28.9. The number of rotatable bonds is 15. The first-order chi connectivity index (χ1) is 29.0. The Bertz CT molecular complexity index is 1900. The molecule has 1 aromatic heterocycles. The van der Waals surface area contributed by atoms with E-state index in [4.69, 9.17) is 19.5 Å². The number of para-hydroxylation sites is 1. The molecule has 5 N–H and O–H groups in total. The molecule has 7 unspecified atom stereocenters. The fraction of sp³-hybridized carbons (Fsp3) is 0.721. The minimum absolute atomic E-state index is 0.0586. The summed E-state index contributed by atoms with van der Waals surface area (Å²) >= 11 is -0.429. The third kappa shape index (κ3) is 11.3. The van der Waals surface area contributed by atoms with Crippen LogP contribution in [0.15, 0.2) is 29.3 Å². The lowest BCUT2D eigenvalue weighted by molar-refractivity contribution is -0.168. The van der Waals surface area contributed by atoms with Gasteiger partial charge >= 0.3 is 6.09 Å². The van der Waals surface area contributed by atoms with Crippen LogP contribution in [0.2, 0.25) is 0 Å². The van der Waals surface area contributed by atoms with E-state index >= 15 is 0 Å². The van der Waals surface area contributed by atoms with Crippen molar-refractivity contribution in [2.24, 2.45) is 34.4 Å². The number of carbonyl (C=O) groups excluding carboxylic acids is 4. The summed E-state index contributed by atoms with van der Waals surface area (Å²) in [6.07, 6.45) is 7.24. The molecule has 2 saturated carbocycles. The maximum atomic E-state index is 14.8. The fourth-order valence-corrected chi connectivity index (χ4v) is 12.0. The highest BCUT2D eigenvalue weighted by Crippen LogP contribution is 2.40. The number of nitrogens with one attached hydrogen (secondary N) is 3. The standard InChI is InChI=1S/C43H66N8O8S2/c1-26-24-33(57-7)27(2)28(3)36(26)61(56)59-49-40(44)45-21-13-17-31(35(52)38-47-30-16-11-12-18-34(30)60-38)46-37(53)32-19-22-50-23-20-43(39(54)51(32)50,25-29-14-9-8-10-15-29)48-41(55)58-42(4,5)6/h11-12,16,18,26-29,31-33,36H,8-10,13-15,17,19-25H2,1-7H3,(H,46,53)(H,48,55)(H3,44,45,49)/t26?,27?,28?,31?,32-,33?,36?,43+,61?/m0/s1. The summed E-state index contributed by atoms with van der Waals surface area (Å²) in [5.41, 5.74) is 7.35. The number of hydrazine groups is 1. The smallest absolute Gasteiger partial charge is 0.408 e. The quantitative estimate of drug-likeness (QED) is 0.0584. The van der Waals surface area contributed by atoms with Gasteiger partial charge in [-0.05, 0) is 95.1 Å². The number of amides is 3. The van der Waals surface area contributed by atoms with E-state index in [1.807, 2.05) is 36.2 Å². The van der Waals surface area contributed by atoms with Crippen LogP contribution in [0.3, 0.4) is 0 Å². The number of thiazole rings is 1. The Hall–Kier alpha value is -3.71. The number of ether oxygens (including phenoxy) is 2. The number of aromatic nitrogens is 1. The van der Waals surface area contributed by atoms with Gasteiger partial charge in [-0.15, -0.1) is 11.3 Å². The number of ketones is 1. The molecule has 3 heterocycles. The number of aliphatic imine (C=N–C) groups is 1.